The quantitative estimate of drug-likeness (QED) is 0.749. The van der Waals surface area contributed by atoms with Gasteiger partial charge in [-0.15, -0.1) is 0 Å². The molecule has 0 aliphatic carbocycles. The Kier molecular flexibility index (Phi) is 6.17. The summed E-state index contributed by atoms with van der Waals surface area (Å²) in [6, 6.07) is 12.9. The molecule has 1 fully saturated rings. The minimum absolute atomic E-state index is 0.101. The van der Waals surface area contributed by atoms with E-state index < -0.39 is 10.0 Å². The lowest BCUT2D eigenvalue weighted by Crippen LogP contribution is -2.41. The summed E-state index contributed by atoms with van der Waals surface area (Å²) in [5.74, 6) is -0.571. The Bertz CT molecular complexity index is 982. The van der Waals surface area contributed by atoms with Crippen molar-refractivity contribution >= 4 is 39.0 Å². The molecule has 8 heteroatoms. The molecule has 1 amide bonds. The van der Waals surface area contributed by atoms with E-state index in [-0.39, 0.29) is 35.6 Å². The van der Waals surface area contributed by atoms with Gasteiger partial charge in [-0.25, -0.2) is 8.42 Å². The van der Waals surface area contributed by atoms with Gasteiger partial charge in [0.05, 0.1) is 4.90 Å². The number of benzene rings is 2. The zero-order valence-corrected chi connectivity index (χ0v) is 17.0. The monoisotopic (exact) mass is 420 g/mol. The predicted molar refractivity (Wildman–Crippen MR) is 108 cm³/mol. The molecule has 1 saturated heterocycles. The molecule has 0 aromatic heterocycles. The van der Waals surface area contributed by atoms with Gasteiger partial charge in [0.1, 0.15) is 0 Å². The Morgan fingerprint density at radius 3 is 2.32 bits per heavy atom. The minimum Gasteiger partial charge on any atom is -0.326 e. The van der Waals surface area contributed by atoms with Crippen molar-refractivity contribution < 1.29 is 18.0 Å². The fourth-order valence-electron chi connectivity index (χ4n) is 3.16. The van der Waals surface area contributed by atoms with Crippen LogP contribution >= 0.6 is 11.6 Å². The highest BCUT2D eigenvalue weighted by Gasteiger charge is 2.32. The van der Waals surface area contributed by atoms with E-state index in [2.05, 4.69) is 5.32 Å². The van der Waals surface area contributed by atoms with Crippen LogP contribution in [0.3, 0.4) is 0 Å². The SMILES string of the molecule is CC(=O)c1cccc(S(=O)(=O)N2CCC(C(=O)Nc3ccc(Cl)cc3)CC2)c1. The summed E-state index contributed by atoms with van der Waals surface area (Å²) >= 11 is 5.84. The Morgan fingerprint density at radius 2 is 1.71 bits per heavy atom. The number of hydrogen-bond donors (Lipinski definition) is 1. The molecular formula is C20H21ClN2O4S. The van der Waals surface area contributed by atoms with Crippen molar-refractivity contribution in [3.8, 4) is 0 Å². The maximum atomic E-state index is 12.9. The van der Waals surface area contributed by atoms with Gasteiger partial charge >= 0.3 is 0 Å². The van der Waals surface area contributed by atoms with Gasteiger partial charge in [-0.1, -0.05) is 23.7 Å². The van der Waals surface area contributed by atoms with E-state index in [4.69, 9.17) is 11.6 Å². The number of carbonyl (C=O) groups excluding carboxylic acids is 2. The lowest BCUT2D eigenvalue weighted by molar-refractivity contribution is -0.120. The third kappa shape index (κ3) is 4.60. The Labute approximate surface area is 169 Å². The number of nitrogens with zero attached hydrogens (tertiary/aromatic N) is 1. The van der Waals surface area contributed by atoms with E-state index in [9.17, 15) is 18.0 Å². The Balaban J connectivity index is 1.64. The molecule has 2 aromatic carbocycles. The summed E-state index contributed by atoms with van der Waals surface area (Å²) in [7, 11) is -3.70. The number of rotatable bonds is 5. The van der Waals surface area contributed by atoms with Gasteiger partial charge in [-0.05, 0) is 56.2 Å². The molecule has 0 radical (unpaired) electrons. The highest BCUT2D eigenvalue weighted by Crippen LogP contribution is 2.25. The molecule has 1 aliphatic heterocycles. The van der Waals surface area contributed by atoms with Gasteiger partial charge in [-0.2, -0.15) is 4.31 Å². The second kappa shape index (κ2) is 8.43. The van der Waals surface area contributed by atoms with Crippen molar-refractivity contribution in [2.75, 3.05) is 18.4 Å². The molecule has 1 N–H and O–H groups in total. The minimum atomic E-state index is -3.70. The van der Waals surface area contributed by atoms with Crippen molar-refractivity contribution in [1.29, 1.82) is 0 Å². The number of nitrogens with one attached hydrogen (secondary N) is 1. The molecule has 0 unspecified atom stereocenters. The third-order valence-electron chi connectivity index (χ3n) is 4.81. The topological polar surface area (TPSA) is 83.6 Å². The molecular weight excluding hydrogens is 400 g/mol. The van der Waals surface area contributed by atoms with Crippen molar-refractivity contribution in [3.05, 3.63) is 59.1 Å². The van der Waals surface area contributed by atoms with Crippen LogP contribution < -0.4 is 5.32 Å². The molecule has 1 heterocycles. The fraction of sp³-hybridized carbons (Fsp3) is 0.300. The summed E-state index contributed by atoms with van der Waals surface area (Å²) in [5.41, 5.74) is 1.02. The summed E-state index contributed by atoms with van der Waals surface area (Å²) in [6.45, 7) is 1.91. The molecule has 0 atom stereocenters. The van der Waals surface area contributed by atoms with Crippen LogP contribution in [0.2, 0.25) is 5.02 Å². The maximum absolute atomic E-state index is 12.9. The van der Waals surface area contributed by atoms with Crippen LogP contribution in [0.1, 0.15) is 30.1 Å². The average Bonchev–Trinajstić information content (AvgIpc) is 2.70. The molecule has 0 spiro atoms. The van der Waals surface area contributed by atoms with E-state index in [0.29, 0.717) is 29.1 Å². The van der Waals surface area contributed by atoms with Gasteiger partial charge in [0.15, 0.2) is 5.78 Å². The number of ketones is 1. The lowest BCUT2D eigenvalue weighted by atomic mass is 9.97. The first-order chi connectivity index (χ1) is 13.3. The number of Topliss-reactive ketones (excluding diaryl/α,β-unsaturated/α-hetero) is 1. The highest BCUT2D eigenvalue weighted by molar-refractivity contribution is 7.89. The number of amides is 1. The average molecular weight is 421 g/mol. The van der Waals surface area contributed by atoms with Crippen molar-refractivity contribution in [1.82, 2.24) is 4.31 Å². The van der Waals surface area contributed by atoms with Crippen molar-refractivity contribution in [2.45, 2.75) is 24.7 Å². The summed E-state index contributed by atoms with van der Waals surface area (Å²) in [5, 5.41) is 3.43. The molecule has 1 aliphatic rings. The molecule has 6 nitrogen and oxygen atoms in total. The van der Waals surface area contributed by atoms with E-state index in [1.807, 2.05) is 0 Å². The fourth-order valence-corrected chi connectivity index (χ4v) is 4.80. The van der Waals surface area contributed by atoms with E-state index in [1.54, 1.807) is 36.4 Å². The second-order valence-electron chi connectivity index (χ2n) is 6.76. The van der Waals surface area contributed by atoms with Crippen LogP contribution in [0.4, 0.5) is 5.69 Å². The number of sulfonamides is 1. The Morgan fingerprint density at radius 1 is 1.07 bits per heavy atom. The van der Waals surface area contributed by atoms with Gasteiger partial charge in [0.25, 0.3) is 0 Å². The number of piperidine rings is 1. The van der Waals surface area contributed by atoms with Crippen LogP contribution in [0.5, 0.6) is 0 Å². The number of halogens is 1. The van der Waals surface area contributed by atoms with Crippen LogP contribution in [0.25, 0.3) is 0 Å². The van der Waals surface area contributed by atoms with E-state index >= 15 is 0 Å². The molecule has 2 aromatic rings. The highest BCUT2D eigenvalue weighted by atomic mass is 35.5. The summed E-state index contributed by atoms with van der Waals surface area (Å²) < 4.78 is 27.1. The van der Waals surface area contributed by atoms with Crippen LogP contribution in [0, 0.1) is 5.92 Å². The van der Waals surface area contributed by atoms with Crippen LogP contribution in [-0.4, -0.2) is 37.5 Å². The zero-order valence-electron chi connectivity index (χ0n) is 15.4. The van der Waals surface area contributed by atoms with Crippen molar-refractivity contribution in [3.63, 3.8) is 0 Å². The lowest BCUT2D eigenvalue weighted by Gasteiger charge is -2.30. The first-order valence-corrected chi connectivity index (χ1v) is 10.8. The standard InChI is InChI=1S/C20H21ClN2O4S/c1-14(24)16-3-2-4-19(13-16)28(26,27)23-11-9-15(10-12-23)20(25)22-18-7-5-17(21)6-8-18/h2-8,13,15H,9-12H2,1H3,(H,22,25). The normalized spacial score (nSPS) is 15.9. The van der Waals surface area contributed by atoms with Gasteiger partial charge < -0.3 is 5.32 Å². The first kappa shape index (κ1) is 20.5. The number of carbonyl (C=O) groups is 2. The number of hydrogen-bond acceptors (Lipinski definition) is 4. The summed E-state index contributed by atoms with van der Waals surface area (Å²) in [4.78, 5) is 24.1. The number of anilines is 1. The largest absolute Gasteiger partial charge is 0.326 e. The van der Waals surface area contributed by atoms with Gasteiger partial charge in [-0.3, -0.25) is 9.59 Å². The second-order valence-corrected chi connectivity index (χ2v) is 9.13. The third-order valence-corrected chi connectivity index (χ3v) is 6.96. The van der Waals surface area contributed by atoms with E-state index in [1.165, 1.54) is 23.4 Å². The zero-order chi connectivity index (χ0) is 20.3. The molecule has 0 saturated carbocycles. The summed E-state index contributed by atoms with van der Waals surface area (Å²) in [6.07, 6.45) is 0.871. The first-order valence-electron chi connectivity index (χ1n) is 8.95. The van der Waals surface area contributed by atoms with Crippen LogP contribution in [-0.2, 0) is 14.8 Å². The molecule has 28 heavy (non-hydrogen) atoms. The van der Waals surface area contributed by atoms with Gasteiger partial charge in [0, 0.05) is 35.3 Å². The maximum Gasteiger partial charge on any atom is 0.243 e. The molecule has 3 rings (SSSR count). The predicted octanol–water partition coefficient (Wildman–Crippen LogP) is 3.58. The Hall–Kier alpha value is -2.22. The molecule has 0 bridgehead atoms. The van der Waals surface area contributed by atoms with Crippen LogP contribution in [0.15, 0.2) is 53.4 Å². The van der Waals surface area contributed by atoms with E-state index in [0.717, 1.165) is 0 Å². The molecule has 148 valence electrons. The van der Waals surface area contributed by atoms with Gasteiger partial charge in [0.2, 0.25) is 15.9 Å². The van der Waals surface area contributed by atoms with Crippen molar-refractivity contribution in [2.24, 2.45) is 5.92 Å². The smallest absolute Gasteiger partial charge is 0.243 e.